The highest BCUT2D eigenvalue weighted by Gasteiger charge is 2.32. The highest BCUT2D eigenvalue weighted by molar-refractivity contribution is 7.98. The van der Waals surface area contributed by atoms with Crippen LogP contribution in [0.25, 0.3) is 0 Å². The van der Waals surface area contributed by atoms with Crippen molar-refractivity contribution in [2.45, 2.75) is 55.3 Å². The molecule has 4 N–H and O–H groups in total. The fraction of sp³-hybridized carbons (Fsp3) is 0.375. The highest BCUT2D eigenvalue weighted by Crippen LogP contribution is 2.30. The van der Waals surface area contributed by atoms with E-state index in [1.165, 1.54) is 0 Å². The molecule has 182 valence electrons. The number of amides is 3. The minimum atomic E-state index is -4.63. The molecule has 3 amide bonds. The molecule has 1 aliphatic rings. The number of benzene rings is 2. The molecule has 0 spiro atoms. The molecule has 0 heterocycles. The topological polar surface area (TPSA) is 101 Å². The normalized spacial score (nSPS) is 18.2. The summed E-state index contributed by atoms with van der Waals surface area (Å²) < 4.78 is 38.9. The molecule has 1 fully saturated rings. The van der Waals surface area contributed by atoms with Crippen molar-refractivity contribution in [3.63, 3.8) is 0 Å². The number of alkyl halides is 3. The Hall–Kier alpha value is -3.01. The number of hydrogen-bond acceptors (Lipinski definition) is 4. The quantitative estimate of drug-likeness (QED) is 0.509. The van der Waals surface area contributed by atoms with E-state index in [0.29, 0.717) is 24.5 Å². The second-order valence-corrected chi connectivity index (χ2v) is 9.06. The Labute approximate surface area is 199 Å². The summed E-state index contributed by atoms with van der Waals surface area (Å²) in [6, 6.07) is 9.18. The molecule has 2 aromatic carbocycles. The Morgan fingerprint density at radius 3 is 2.18 bits per heavy atom. The van der Waals surface area contributed by atoms with Crippen LogP contribution in [0.1, 0.15) is 57.5 Å². The molecule has 34 heavy (non-hydrogen) atoms. The summed E-state index contributed by atoms with van der Waals surface area (Å²) in [7, 11) is 0. The summed E-state index contributed by atoms with van der Waals surface area (Å²) in [6.07, 6.45) is 0.115. The van der Waals surface area contributed by atoms with E-state index in [-0.39, 0.29) is 35.5 Å². The largest absolute Gasteiger partial charge is 0.416 e. The van der Waals surface area contributed by atoms with Crippen molar-refractivity contribution in [3.05, 3.63) is 64.7 Å². The molecule has 1 saturated carbocycles. The third-order valence-electron chi connectivity index (χ3n) is 5.83. The van der Waals surface area contributed by atoms with Crippen LogP contribution < -0.4 is 16.4 Å². The van der Waals surface area contributed by atoms with Crippen LogP contribution in [-0.4, -0.2) is 36.1 Å². The van der Waals surface area contributed by atoms with Crippen LogP contribution in [-0.2, 0) is 17.4 Å². The maximum Gasteiger partial charge on any atom is 0.416 e. The van der Waals surface area contributed by atoms with Gasteiger partial charge in [-0.25, -0.2) is 0 Å². The zero-order valence-electron chi connectivity index (χ0n) is 18.6. The summed E-state index contributed by atoms with van der Waals surface area (Å²) in [6.45, 7) is 0. The number of primary amides is 1. The van der Waals surface area contributed by atoms with E-state index in [2.05, 4.69) is 10.6 Å². The van der Waals surface area contributed by atoms with Crippen LogP contribution in [0.3, 0.4) is 0 Å². The van der Waals surface area contributed by atoms with Crippen molar-refractivity contribution in [1.29, 1.82) is 0 Å². The van der Waals surface area contributed by atoms with Gasteiger partial charge in [0.25, 0.3) is 5.91 Å². The lowest BCUT2D eigenvalue weighted by Crippen LogP contribution is -2.53. The molecule has 0 unspecified atom stereocenters. The zero-order chi connectivity index (χ0) is 24.9. The summed E-state index contributed by atoms with van der Waals surface area (Å²) >= 11 is 1.57. The van der Waals surface area contributed by atoms with Crippen molar-refractivity contribution in [3.8, 4) is 0 Å². The zero-order valence-corrected chi connectivity index (χ0v) is 19.4. The first-order valence-corrected chi connectivity index (χ1v) is 12.0. The van der Waals surface area contributed by atoms with E-state index < -0.39 is 23.6 Å². The molecule has 2 atom stereocenters. The van der Waals surface area contributed by atoms with E-state index in [4.69, 9.17) is 5.73 Å². The van der Waals surface area contributed by atoms with E-state index in [1.807, 2.05) is 18.4 Å². The molecule has 0 saturated heterocycles. The van der Waals surface area contributed by atoms with Crippen molar-refractivity contribution in [2.24, 2.45) is 5.73 Å². The summed E-state index contributed by atoms with van der Waals surface area (Å²) in [4.78, 5) is 38.1. The number of carbonyl (C=O) groups is 3. The summed E-state index contributed by atoms with van der Waals surface area (Å²) in [5.41, 5.74) is 4.53. The molecule has 3 rings (SSSR count). The van der Waals surface area contributed by atoms with Crippen LogP contribution >= 0.6 is 11.8 Å². The minimum Gasteiger partial charge on any atom is -0.366 e. The van der Waals surface area contributed by atoms with Crippen LogP contribution in [0.4, 0.5) is 13.2 Å². The first kappa shape index (κ1) is 25.6. The molecule has 1 aliphatic carbocycles. The van der Waals surface area contributed by atoms with Crippen molar-refractivity contribution in [2.75, 3.05) is 6.26 Å². The predicted molar refractivity (Wildman–Crippen MR) is 124 cm³/mol. The van der Waals surface area contributed by atoms with Gasteiger partial charge in [0.15, 0.2) is 0 Å². The number of thioether (sulfide) groups is 1. The minimum absolute atomic E-state index is 0.114. The van der Waals surface area contributed by atoms with Gasteiger partial charge in [-0.2, -0.15) is 13.2 Å². The third-order valence-corrected chi connectivity index (χ3v) is 6.58. The molecule has 0 aromatic heterocycles. The van der Waals surface area contributed by atoms with Crippen molar-refractivity contribution < 1.29 is 27.6 Å². The lowest BCUT2D eigenvalue weighted by Gasteiger charge is -2.33. The Kier molecular flexibility index (Phi) is 8.24. The number of rotatable bonds is 7. The molecule has 6 nitrogen and oxygen atoms in total. The van der Waals surface area contributed by atoms with Gasteiger partial charge in [0, 0.05) is 28.1 Å². The average molecular weight is 494 g/mol. The molecule has 10 heteroatoms. The van der Waals surface area contributed by atoms with E-state index in [0.717, 1.165) is 29.9 Å². The molecule has 0 bridgehead atoms. The second-order valence-electron chi connectivity index (χ2n) is 8.18. The number of nitrogens with one attached hydrogen (secondary N) is 2. The predicted octanol–water partition coefficient (Wildman–Crippen LogP) is 3.93. The highest BCUT2D eigenvalue weighted by atomic mass is 32.2. The van der Waals surface area contributed by atoms with Gasteiger partial charge < -0.3 is 16.4 Å². The van der Waals surface area contributed by atoms with Gasteiger partial charge in [-0.15, -0.1) is 11.8 Å². The fourth-order valence-electron chi connectivity index (χ4n) is 4.04. The summed E-state index contributed by atoms with van der Waals surface area (Å²) in [5, 5.41) is 5.86. The monoisotopic (exact) mass is 493 g/mol. The standard InChI is InChI=1S/C24H26F3N3O3S/c1-34-17-10-7-14(8-11-17)23(33)30-20-5-3-2-4-19(20)29-21(31)12-15-6-9-16(24(25,26)27)13-18(15)22(28)32/h6-11,13,19-20H,2-5,12H2,1H3,(H2,28,32)(H,29,31)(H,30,33)/t19-,20+/m1/s1. The van der Waals surface area contributed by atoms with Crippen molar-refractivity contribution in [1.82, 2.24) is 10.6 Å². The van der Waals surface area contributed by atoms with Gasteiger partial charge in [-0.05, 0) is 61.1 Å². The van der Waals surface area contributed by atoms with E-state index in [1.54, 1.807) is 23.9 Å². The third kappa shape index (κ3) is 6.53. The van der Waals surface area contributed by atoms with Gasteiger partial charge in [-0.3, -0.25) is 14.4 Å². The molecular weight excluding hydrogens is 467 g/mol. The van der Waals surface area contributed by atoms with Crippen molar-refractivity contribution >= 4 is 29.5 Å². The molecule has 2 aromatic rings. The van der Waals surface area contributed by atoms with Gasteiger partial charge in [-0.1, -0.05) is 18.9 Å². The average Bonchev–Trinajstić information content (AvgIpc) is 2.79. The van der Waals surface area contributed by atoms with E-state index in [9.17, 15) is 27.6 Å². The first-order valence-electron chi connectivity index (χ1n) is 10.8. The molecule has 0 aliphatic heterocycles. The number of halogens is 3. The number of nitrogens with two attached hydrogens (primary N) is 1. The molecule has 0 radical (unpaired) electrons. The van der Waals surface area contributed by atoms with Crippen LogP contribution in [0.5, 0.6) is 0 Å². The Morgan fingerprint density at radius 2 is 1.62 bits per heavy atom. The molecular formula is C24H26F3N3O3S. The fourth-order valence-corrected chi connectivity index (χ4v) is 4.45. The SMILES string of the molecule is CSc1ccc(C(=O)N[C@H]2CCCC[C@H]2NC(=O)Cc2ccc(C(F)(F)F)cc2C(N)=O)cc1. The van der Waals surface area contributed by atoms with Gasteiger partial charge in [0.05, 0.1) is 12.0 Å². The van der Waals surface area contributed by atoms with Crippen LogP contribution in [0.2, 0.25) is 0 Å². The van der Waals surface area contributed by atoms with E-state index >= 15 is 0 Å². The van der Waals surface area contributed by atoms with Gasteiger partial charge in [0.1, 0.15) is 0 Å². The Bertz CT molecular complexity index is 1060. The summed E-state index contributed by atoms with van der Waals surface area (Å²) in [5.74, 6) is -1.74. The lowest BCUT2D eigenvalue weighted by atomic mass is 9.89. The van der Waals surface area contributed by atoms with Crippen LogP contribution in [0, 0.1) is 0 Å². The number of carbonyl (C=O) groups excluding carboxylic acids is 3. The Morgan fingerprint density at radius 1 is 1.00 bits per heavy atom. The van der Waals surface area contributed by atoms with Gasteiger partial charge in [0.2, 0.25) is 11.8 Å². The Balaban J connectivity index is 1.68. The second kappa shape index (κ2) is 10.9. The lowest BCUT2D eigenvalue weighted by molar-refractivity contribution is -0.137. The van der Waals surface area contributed by atoms with Gasteiger partial charge >= 0.3 is 6.18 Å². The smallest absolute Gasteiger partial charge is 0.366 e. The maximum atomic E-state index is 13.0. The maximum absolute atomic E-state index is 13.0. The first-order chi connectivity index (χ1) is 16.1. The number of hydrogen-bond donors (Lipinski definition) is 3. The van der Waals surface area contributed by atoms with Crippen LogP contribution in [0.15, 0.2) is 47.4 Å².